The molecule has 0 spiro atoms. The zero-order chi connectivity index (χ0) is 14.4. The molecule has 0 fully saturated rings. The summed E-state index contributed by atoms with van der Waals surface area (Å²) >= 11 is 0. The van der Waals surface area contributed by atoms with Gasteiger partial charge in [-0.05, 0) is 36.6 Å². The Morgan fingerprint density at radius 1 is 1.05 bits per heavy atom. The number of ketones is 1. The van der Waals surface area contributed by atoms with Crippen LogP contribution in [0.2, 0.25) is 0 Å². The quantitative estimate of drug-likeness (QED) is 0.877. The summed E-state index contributed by atoms with van der Waals surface area (Å²) < 4.78 is 5.70. The van der Waals surface area contributed by atoms with Gasteiger partial charge < -0.3 is 10.5 Å². The third-order valence-corrected chi connectivity index (χ3v) is 3.15. The molecule has 2 aromatic rings. The first-order chi connectivity index (χ1) is 9.65. The van der Waals surface area contributed by atoms with Gasteiger partial charge in [-0.2, -0.15) is 0 Å². The number of ether oxygens (including phenoxy) is 1. The molecule has 2 N–H and O–H groups in total. The second kappa shape index (κ2) is 6.87. The molecule has 104 valence electrons. The molecule has 0 amide bonds. The van der Waals surface area contributed by atoms with E-state index in [1.165, 1.54) is 6.92 Å². The molecule has 0 aliphatic rings. The fraction of sp³-hybridized carbons (Fsp3) is 0.235. The van der Waals surface area contributed by atoms with Gasteiger partial charge in [-0.15, -0.1) is 0 Å². The van der Waals surface area contributed by atoms with E-state index in [1.807, 2.05) is 54.6 Å². The Labute approximate surface area is 119 Å². The van der Waals surface area contributed by atoms with Gasteiger partial charge in [0.25, 0.3) is 0 Å². The molecule has 0 radical (unpaired) electrons. The Hall–Kier alpha value is -2.13. The van der Waals surface area contributed by atoms with Crippen LogP contribution in [0.25, 0.3) is 0 Å². The molecule has 2 rings (SSSR count). The molecule has 1 atom stereocenters. The van der Waals surface area contributed by atoms with E-state index in [2.05, 4.69) is 0 Å². The fourth-order valence-electron chi connectivity index (χ4n) is 1.86. The van der Waals surface area contributed by atoms with E-state index in [0.717, 1.165) is 16.9 Å². The molecule has 0 saturated carbocycles. The van der Waals surface area contributed by atoms with Gasteiger partial charge in [0.2, 0.25) is 0 Å². The van der Waals surface area contributed by atoms with Crippen LogP contribution < -0.4 is 10.5 Å². The number of hydrogen-bond acceptors (Lipinski definition) is 3. The number of rotatable bonds is 6. The van der Waals surface area contributed by atoms with Gasteiger partial charge in [-0.25, -0.2) is 0 Å². The monoisotopic (exact) mass is 269 g/mol. The second-order valence-corrected chi connectivity index (χ2v) is 4.84. The lowest BCUT2D eigenvalue weighted by Gasteiger charge is -2.09. The maximum absolute atomic E-state index is 11.1. The van der Waals surface area contributed by atoms with Crippen LogP contribution in [0.5, 0.6) is 5.75 Å². The molecule has 3 heteroatoms. The van der Waals surface area contributed by atoms with Crippen molar-refractivity contribution in [1.29, 1.82) is 0 Å². The van der Waals surface area contributed by atoms with Gasteiger partial charge in [0.1, 0.15) is 18.1 Å². The predicted molar refractivity (Wildman–Crippen MR) is 79.6 cm³/mol. The number of nitrogens with two attached hydrogens (primary N) is 1. The van der Waals surface area contributed by atoms with Crippen molar-refractivity contribution in [3.8, 4) is 5.75 Å². The van der Waals surface area contributed by atoms with E-state index in [-0.39, 0.29) is 5.78 Å². The minimum absolute atomic E-state index is 0.00871. The smallest absolute Gasteiger partial charge is 0.146 e. The average molecular weight is 269 g/mol. The van der Waals surface area contributed by atoms with Crippen LogP contribution in [0.15, 0.2) is 54.6 Å². The van der Waals surface area contributed by atoms with Crippen LogP contribution in [-0.2, 0) is 17.8 Å². The highest BCUT2D eigenvalue weighted by Crippen LogP contribution is 2.15. The number of carbonyl (C=O) groups excluding carboxylic acids is 1. The summed E-state index contributed by atoms with van der Waals surface area (Å²) in [5, 5.41) is 0. The maximum atomic E-state index is 11.1. The number of Topliss-reactive ketones (excluding diaryl/α,β-unsaturated/α-hetero) is 1. The van der Waals surface area contributed by atoms with Gasteiger partial charge in [0.05, 0.1) is 6.04 Å². The Kier molecular flexibility index (Phi) is 4.91. The summed E-state index contributed by atoms with van der Waals surface area (Å²) in [7, 11) is 0. The van der Waals surface area contributed by atoms with Crippen molar-refractivity contribution in [1.82, 2.24) is 0 Å². The first-order valence-electron chi connectivity index (χ1n) is 6.67. The normalized spacial score (nSPS) is 11.9. The molecule has 0 aliphatic carbocycles. The van der Waals surface area contributed by atoms with Crippen LogP contribution >= 0.6 is 0 Å². The molecule has 0 heterocycles. The lowest BCUT2D eigenvalue weighted by molar-refractivity contribution is -0.118. The summed E-state index contributed by atoms with van der Waals surface area (Å²) in [6.45, 7) is 2.06. The average Bonchev–Trinajstić information content (AvgIpc) is 2.47. The van der Waals surface area contributed by atoms with E-state index in [4.69, 9.17) is 10.5 Å². The van der Waals surface area contributed by atoms with Gasteiger partial charge in [0.15, 0.2) is 0 Å². The minimum atomic E-state index is -0.425. The largest absolute Gasteiger partial charge is 0.489 e. The molecule has 2 aromatic carbocycles. The van der Waals surface area contributed by atoms with Crippen molar-refractivity contribution >= 4 is 5.78 Å². The third kappa shape index (κ3) is 4.21. The topological polar surface area (TPSA) is 52.3 Å². The fourth-order valence-corrected chi connectivity index (χ4v) is 1.86. The van der Waals surface area contributed by atoms with Crippen molar-refractivity contribution in [3.63, 3.8) is 0 Å². The van der Waals surface area contributed by atoms with Crippen molar-refractivity contribution in [2.24, 2.45) is 5.73 Å². The van der Waals surface area contributed by atoms with E-state index >= 15 is 0 Å². The van der Waals surface area contributed by atoms with E-state index in [0.29, 0.717) is 13.0 Å². The minimum Gasteiger partial charge on any atom is -0.489 e. The van der Waals surface area contributed by atoms with Crippen LogP contribution in [0, 0.1) is 0 Å². The zero-order valence-electron chi connectivity index (χ0n) is 11.6. The number of benzene rings is 2. The van der Waals surface area contributed by atoms with E-state index < -0.39 is 6.04 Å². The van der Waals surface area contributed by atoms with E-state index in [9.17, 15) is 4.79 Å². The highest BCUT2D eigenvalue weighted by molar-refractivity contribution is 5.81. The summed E-state index contributed by atoms with van der Waals surface area (Å²) in [6, 6.07) is 17.3. The summed E-state index contributed by atoms with van der Waals surface area (Å²) in [5.41, 5.74) is 7.92. The van der Waals surface area contributed by atoms with Gasteiger partial charge in [-0.3, -0.25) is 4.79 Å². The Bertz CT molecular complexity index is 549. The highest BCUT2D eigenvalue weighted by atomic mass is 16.5. The van der Waals surface area contributed by atoms with Gasteiger partial charge in [-0.1, -0.05) is 42.5 Å². The molecule has 3 nitrogen and oxygen atoms in total. The molecule has 0 aromatic heterocycles. The van der Waals surface area contributed by atoms with Crippen molar-refractivity contribution in [2.75, 3.05) is 0 Å². The molecular weight excluding hydrogens is 250 g/mol. The van der Waals surface area contributed by atoms with Crippen molar-refractivity contribution in [3.05, 3.63) is 65.7 Å². The molecular formula is C17H19NO2. The Morgan fingerprint density at radius 3 is 2.30 bits per heavy atom. The van der Waals surface area contributed by atoms with Crippen molar-refractivity contribution < 1.29 is 9.53 Å². The molecule has 0 saturated heterocycles. The van der Waals surface area contributed by atoms with Gasteiger partial charge in [0, 0.05) is 0 Å². The Balaban J connectivity index is 1.90. The molecule has 20 heavy (non-hydrogen) atoms. The lowest BCUT2D eigenvalue weighted by Crippen LogP contribution is -2.30. The van der Waals surface area contributed by atoms with Crippen molar-refractivity contribution in [2.45, 2.75) is 26.0 Å². The zero-order valence-corrected chi connectivity index (χ0v) is 11.6. The summed E-state index contributed by atoms with van der Waals surface area (Å²) in [5.74, 6) is 0.823. The summed E-state index contributed by atoms with van der Waals surface area (Å²) in [6.07, 6.45) is 0.564. The first kappa shape index (κ1) is 14.3. The standard InChI is InChI=1S/C17H19NO2/c1-13(19)17(18)11-14-7-9-16(10-8-14)20-12-15-5-3-2-4-6-15/h2-10,17H,11-12,18H2,1H3/t17-/m0/s1. The molecule has 0 bridgehead atoms. The van der Waals surface area contributed by atoms with Crippen LogP contribution in [-0.4, -0.2) is 11.8 Å². The number of hydrogen-bond donors (Lipinski definition) is 1. The van der Waals surface area contributed by atoms with E-state index in [1.54, 1.807) is 0 Å². The first-order valence-corrected chi connectivity index (χ1v) is 6.67. The maximum Gasteiger partial charge on any atom is 0.146 e. The Morgan fingerprint density at radius 2 is 1.70 bits per heavy atom. The van der Waals surface area contributed by atoms with Crippen LogP contribution in [0.4, 0.5) is 0 Å². The molecule has 0 unspecified atom stereocenters. The summed E-state index contributed by atoms with van der Waals surface area (Å²) in [4.78, 5) is 11.1. The third-order valence-electron chi connectivity index (χ3n) is 3.15. The molecule has 0 aliphatic heterocycles. The number of carbonyl (C=O) groups is 1. The predicted octanol–water partition coefficient (Wildman–Crippen LogP) is 2.72. The highest BCUT2D eigenvalue weighted by Gasteiger charge is 2.08. The SMILES string of the molecule is CC(=O)[C@@H](N)Cc1ccc(OCc2ccccc2)cc1. The second-order valence-electron chi connectivity index (χ2n) is 4.84. The lowest BCUT2D eigenvalue weighted by atomic mass is 10.0. The van der Waals surface area contributed by atoms with Crippen LogP contribution in [0.1, 0.15) is 18.1 Å². The van der Waals surface area contributed by atoms with Gasteiger partial charge >= 0.3 is 0 Å². The van der Waals surface area contributed by atoms with Crippen LogP contribution in [0.3, 0.4) is 0 Å².